The van der Waals surface area contributed by atoms with Crippen LogP contribution < -0.4 is 5.32 Å². The molecule has 0 unspecified atom stereocenters. The number of anilines is 1. The predicted octanol–water partition coefficient (Wildman–Crippen LogP) is 3.05. The molecule has 0 spiro atoms. The van der Waals surface area contributed by atoms with Crippen molar-refractivity contribution in [2.24, 2.45) is 0 Å². The van der Waals surface area contributed by atoms with Gasteiger partial charge in [0, 0.05) is 31.3 Å². The average Bonchev–Trinajstić information content (AvgIpc) is 3.30. The second kappa shape index (κ2) is 8.01. The largest absolute Gasteiger partial charge is 0.467 e. The summed E-state index contributed by atoms with van der Waals surface area (Å²) in [5.41, 5.74) is 0.622. The summed E-state index contributed by atoms with van der Waals surface area (Å²) in [5, 5.41) is 14.5. The van der Waals surface area contributed by atoms with Crippen LogP contribution in [0.5, 0.6) is 0 Å². The van der Waals surface area contributed by atoms with Crippen LogP contribution in [0.25, 0.3) is 0 Å². The van der Waals surface area contributed by atoms with Crippen LogP contribution in [0.1, 0.15) is 29.0 Å². The molecule has 0 saturated heterocycles. The minimum atomic E-state index is -0.465. The monoisotopic (exact) mass is 359 g/mol. The molecule has 0 atom stereocenters. The number of ether oxygens (including phenoxy) is 1. The standard InChI is InChI=1S/C18H21N3O5/c1-25-10-8-20(12-15-3-2-9-26-15)18(22)13-4-7-16(19-14-5-6-14)17(11-13)21(23)24/h2-4,7,9,11,14,19H,5-6,8,10,12H2,1H3. The second-order valence-corrected chi connectivity index (χ2v) is 6.21. The van der Waals surface area contributed by atoms with E-state index < -0.39 is 4.92 Å². The van der Waals surface area contributed by atoms with E-state index in [1.54, 1.807) is 36.3 Å². The molecule has 1 heterocycles. The van der Waals surface area contributed by atoms with Gasteiger partial charge in [0.1, 0.15) is 11.4 Å². The van der Waals surface area contributed by atoms with Crippen molar-refractivity contribution >= 4 is 17.3 Å². The topological polar surface area (TPSA) is 97.8 Å². The molecular formula is C18H21N3O5. The second-order valence-electron chi connectivity index (χ2n) is 6.21. The third-order valence-corrected chi connectivity index (χ3v) is 4.16. The number of nitro groups is 1. The zero-order chi connectivity index (χ0) is 18.5. The summed E-state index contributed by atoms with van der Waals surface area (Å²) >= 11 is 0. The van der Waals surface area contributed by atoms with E-state index in [0.717, 1.165) is 12.8 Å². The van der Waals surface area contributed by atoms with Crippen LogP contribution >= 0.6 is 0 Å². The molecule has 1 aromatic heterocycles. The number of rotatable bonds is 9. The maximum absolute atomic E-state index is 12.9. The lowest BCUT2D eigenvalue weighted by molar-refractivity contribution is -0.384. The Kier molecular flexibility index (Phi) is 5.52. The van der Waals surface area contributed by atoms with Crippen LogP contribution in [0.4, 0.5) is 11.4 Å². The molecule has 1 fully saturated rings. The van der Waals surface area contributed by atoms with Gasteiger partial charge in [0.25, 0.3) is 11.6 Å². The van der Waals surface area contributed by atoms with Gasteiger partial charge in [-0.25, -0.2) is 0 Å². The molecule has 8 heteroatoms. The number of methoxy groups -OCH3 is 1. The molecule has 1 aliphatic carbocycles. The fourth-order valence-electron chi connectivity index (χ4n) is 2.61. The van der Waals surface area contributed by atoms with E-state index in [1.165, 1.54) is 12.3 Å². The Morgan fingerprint density at radius 3 is 2.85 bits per heavy atom. The van der Waals surface area contributed by atoms with Crippen LogP contribution in [-0.2, 0) is 11.3 Å². The molecule has 1 amide bonds. The number of hydrogen-bond acceptors (Lipinski definition) is 6. The quantitative estimate of drug-likeness (QED) is 0.546. The molecule has 138 valence electrons. The number of hydrogen-bond donors (Lipinski definition) is 1. The lowest BCUT2D eigenvalue weighted by atomic mass is 10.1. The molecule has 8 nitrogen and oxygen atoms in total. The maximum atomic E-state index is 12.9. The molecule has 1 aliphatic rings. The van der Waals surface area contributed by atoms with Crippen LogP contribution in [-0.4, -0.2) is 42.0 Å². The summed E-state index contributed by atoms with van der Waals surface area (Å²) in [6, 6.07) is 8.35. The Balaban J connectivity index is 1.82. The van der Waals surface area contributed by atoms with Crippen LogP contribution in [0.3, 0.4) is 0 Å². The number of nitro benzene ring substituents is 1. The summed E-state index contributed by atoms with van der Waals surface area (Å²) in [5.74, 6) is 0.329. The molecule has 0 radical (unpaired) electrons. The van der Waals surface area contributed by atoms with Crippen molar-refractivity contribution in [3.8, 4) is 0 Å². The van der Waals surface area contributed by atoms with Gasteiger partial charge in [-0.1, -0.05) is 0 Å². The Morgan fingerprint density at radius 1 is 1.42 bits per heavy atom. The maximum Gasteiger partial charge on any atom is 0.293 e. The Bertz CT molecular complexity index is 771. The van der Waals surface area contributed by atoms with Crippen molar-refractivity contribution in [3.05, 3.63) is 58.0 Å². The number of benzene rings is 1. The molecule has 0 bridgehead atoms. The number of carbonyl (C=O) groups is 1. The van der Waals surface area contributed by atoms with Gasteiger partial charge >= 0.3 is 0 Å². The Labute approximate surface area is 150 Å². The molecule has 1 saturated carbocycles. The third kappa shape index (κ3) is 4.40. The summed E-state index contributed by atoms with van der Waals surface area (Å²) in [7, 11) is 1.55. The number of nitrogens with one attached hydrogen (secondary N) is 1. The van der Waals surface area contributed by atoms with Gasteiger partial charge in [0.2, 0.25) is 0 Å². The van der Waals surface area contributed by atoms with Gasteiger partial charge in [-0.15, -0.1) is 0 Å². The average molecular weight is 359 g/mol. The van der Waals surface area contributed by atoms with Crippen molar-refractivity contribution < 1.29 is 18.9 Å². The van der Waals surface area contributed by atoms with Gasteiger partial charge < -0.3 is 19.4 Å². The highest BCUT2D eigenvalue weighted by Gasteiger charge is 2.26. The van der Waals surface area contributed by atoms with Gasteiger partial charge in [-0.3, -0.25) is 14.9 Å². The minimum absolute atomic E-state index is 0.0903. The van der Waals surface area contributed by atoms with Crippen molar-refractivity contribution in [2.45, 2.75) is 25.4 Å². The van der Waals surface area contributed by atoms with Crippen molar-refractivity contribution in [1.29, 1.82) is 0 Å². The zero-order valence-electron chi connectivity index (χ0n) is 14.5. The fraction of sp³-hybridized carbons (Fsp3) is 0.389. The van der Waals surface area contributed by atoms with E-state index in [1.807, 2.05) is 0 Å². The van der Waals surface area contributed by atoms with Crippen molar-refractivity contribution in [1.82, 2.24) is 4.90 Å². The van der Waals surface area contributed by atoms with Crippen molar-refractivity contribution in [2.75, 3.05) is 25.6 Å². The van der Waals surface area contributed by atoms with Crippen LogP contribution in [0.15, 0.2) is 41.0 Å². The normalized spacial score (nSPS) is 13.4. The lowest BCUT2D eigenvalue weighted by Gasteiger charge is -2.21. The first-order valence-electron chi connectivity index (χ1n) is 8.44. The van der Waals surface area contributed by atoms with Gasteiger partial charge in [0.05, 0.1) is 24.3 Å². The third-order valence-electron chi connectivity index (χ3n) is 4.16. The smallest absolute Gasteiger partial charge is 0.293 e. The first-order valence-corrected chi connectivity index (χ1v) is 8.44. The van der Waals surface area contributed by atoms with E-state index in [2.05, 4.69) is 5.32 Å². The Hall–Kier alpha value is -2.87. The van der Waals surface area contributed by atoms with E-state index >= 15 is 0 Å². The summed E-state index contributed by atoms with van der Waals surface area (Å²) in [6.07, 6.45) is 3.55. The summed E-state index contributed by atoms with van der Waals surface area (Å²) in [6.45, 7) is 0.979. The number of carbonyl (C=O) groups excluding carboxylic acids is 1. The first-order chi connectivity index (χ1) is 12.6. The van der Waals surface area contributed by atoms with Crippen LogP contribution in [0, 0.1) is 10.1 Å². The van der Waals surface area contributed by atoms with Crippen LogP contribution in [0.2, 0.25) is 0 Å². The molecule has 2 aromatic rings. The number of amides is 1. The highest BCUT2D eigenvalue weighted by Crippen LogP contribution is 2.31. The van der Waals surface area contributed by atoms with Crippen molar-refractivity contribution in [3.63, 3.8) is 0 Å². The first kappa shape index (κ1) is 17.9. The molecular weight excluding hydrogens is 338 g/mol. The van der Waals surface area contributed by atoms with Gasteiger partial charge in [0.15, 0.2) is 0 Å². The molecule has 0 aliphatic heterocycles. The Morgan fingerprint density at radius 2 is 2.23 bits per heavy atom. The number of nitrogens with zero attached hydrogens (tertiary/aromatic N) is 2. The lowest BCUT2D eigenvalue weighted by Crippen LogP contribution is -2.33. The van der Waals surface area contributed by atoms with Gasteiger partial charge in [-0.05, 0) is 37.1 Å². The molecule has 1 aromatic carbocycles. The van der Waals surface area contributed by atoms with E-state index in [4.69, 9.17) is 9.15 Å². The highest BCUT2D eigenvalue weighted by molar-refractivity contribution is 5.95. The fourth-order valence-corrected chi connectivity index (χ4v) is 2.61. The zero-order valence-corrected chi connectivity index (χ0v) is 14.5. The van der Waals surface area contributed by atoms with E-state index in [0.29, 0.717) is 24.6 Å². The highest BCUT2D eigenvalue weighted by atomic mass is 16.6. The molecule has 26 heavy (non-hydrogen) atoms. The SMILES string of the molecule is COCCN(Cc1ccco1)C(=O)c1ccc(NC2CC2)c([N+](=O)[O-])c1. The number of furan rings is 1. The van der Waals surface area contributed by atoms with Gasteiger partial charge in [-0.2, -0.15) is 0 Å². The molecule has 3 rings (SSSR count). The predicted molar refractivity (Wildman–Crippen MR) is 95.1 cm³/mol. The van der Waals surface area contributed by atoms with E-state index in [9.17, 15) is 14.9 Å². The summed E-state index contributed by atoms with van der Waals surface area (Å²) in [4.78, 5) is 25.4. The van der Waals surface area contributed by atoms with E-state index in [-0.39, 0.29) is 29.7 Å². The summed E-state index contributed by atoms with van der Waals surface area (Å²) < 4.78 is 10.4. The minimum Gasteiger partial charge on any atom is -0.467 e. The molecule has 1 N–H and O–H groups in total.